The SMILES string of the molecule is N#Cc1ccc(C(F)(F)F)nc1N1CC(O)(c2ccc(F)cc2)C1. The van der Waals surface area contributed by atoms with E-state index in [1.165, 1.54) is 29.2 Å². The lowest BCUT2D eigenvalue weighted by Gasteiger charge is -2.47. The maximum Gasteiger partial charge on any atom is 0.433 e. The van der Waals surface area contributed by atoms with Crippen LogP contribution in [0.1, 0.15) is 16.8 Å². The molecule has 0 unspecified atom stereocenters. The standard InChI is InChI=1S/C16H11F4N3O/c17-12-4-2-11(3-5-12)15(24)8-23(9-15)14-10(7-21)1-6-13(22-14)16(18,19)20/h1-6,24H,8-9H2. The van der Waals surface area contributed by atoms with E-state index in [2.05, 4.69) is 4.98 Å². The largest absolute Gasteiger partial charge is 0.433 e. The van der Waals surface area contributed by atoms with E-state index in [9.17, 15) is 22.7 Å². The monoisotopic (exact) mass is 337 g/mol. The molecule has 1 fully saturated rings. The third-order valence-electron chi connectivity index (χ3n) is 3.87. The quantitative estimate of drug-likeness (QED) is 0.856. The Balaban J connectivity index is 1.87. The summed E-state index contributed by atoms with van der Waals surface area (Å²) in [7, 11) is 0. The van der Waals surface area contributed by atoms with Crippen LogP contribution in [-0.4, -0.2) is 23.2 Å². The van der Waals surface area contributed by atoms with E-state index in [1.54, 1.807) is 6.07 Å². The Kier molecular flexibility index (Phi) is 3.68. The molecule has 0 bridgehead atoms. The molecule has 1 N–H and O–H groups in total. The molecule has 124 valence electrons. The molecule has 0 aliphatic carbocycles. The Morgan fingerprint density at radius 1 is 1.12 bits per heavy atom. The molecule has 2 aromatic rings. The molecule has 24 heavy (non-hydrogen) atoms. The molecule has 1 aliphatic rings. The third-order valence-corrected chi connectivity index (χ3v) is 3.87. The average Bonchev–Trinajstić information content (AvgIpc) is 2.51. The summed E-state index contributed by atoms with van der Waals surface area (Å²) < 4.78 is 51.3. The maximum atomic E-state index is 12.9. The van der Waals surface area contributed by atoms with Gasteiger partial charge in [0.05, 0.1) is 18.7 Å². The number of nitrogens with zero attached hydrogens (tertiary/aromatic N) is 3. The molecule has 8 heteroatoms. The molecule has 4 nitrogen and oxygen atoms in total. The van der Waals surface area contributed by atoms with Gasteiger partial charge in [0.2, 0.25) is 0 Å². The lowest BCUT2D eigenvalue weighted by Crippen LogP contribution is -2.60. The Morgan fingerprint density at radius 3 is 2.29 bits per heavy atom. The normalized spacial score (nSPS) is 16.4. The molecule has 0 atom stereocenters. The van der Waals surface area contributed by atoms with Gasteiger partial charge in [-0.05, 0) is 29.8 Å². The molecule has 1 aromatic heterocycles. The number of aromatic nitrogens is 1. The highest BCUT2D eigenvalue weighted by Gasteiger charge is 2.44. The van der Waals surface area contributed by atoms with Gasteiger partial charge in [-0.2, -0.15) is 18.4 Å². The van der Waals surface area contributed by atoms with Crippen LogP contribution in [0.5, 0.6) is 0 Å². The molecule has 2 heterocycles. The fraction of sp³-hybridized carbons (Fsp3) is 0.250. The first-order chi connectivity index (χ1) is 11.2. The summed E-state index contributed by atoms with van der Waals surface area (Å²) in [5.74, 6) is -0.580. The fourth-order valence-corrected chi connectivity index (χ4v) is 2.61. The number of pyridine rings is 1. The van der Waals surface area contributed by atoms with Gasteiger partial charge in [0.25, 0.3) is 0 Å². The zero-order valence-corrected chi connectivity index (χ0v) is 12.2. The molecule has 1 aliphatic heterocycles. The zero-order chi connectivity index (χ0) is 17.5. The van der Waals surface area contributed by atoms with Gasteiger partial charge in [0.1, 0.15) is 29.0 Å². The van der Waals surface area contributed by atoms with Crippen molar-refractivity contribution >= 4 is 5.82 Å². The van der Waals surface area contributed by atoms with Gasteiger partial charge in [0, 0.05) is 0 Å². The number of benzene rings is 1. The van der Waals surface area contributed by atoms with Crippen molar-refractivity contribution in [3.05, 3.63) is 59.0 Å². The molecule has 0 radical (unpaired) electrons. The minimum atomic E-state index is -4.62. The van der Waals surface area contributed by atoms with E-state index in [-0.39, 0.29) is 24.5 Å². The number of hydrogen-bond donors (Lipinski definition) is 1. The first-order valence-electron chi connectivity index (χ1n) is 6.95. The van der Waals surface area contributed by atoms with Crippen LogP contribution in [-0.2, 0) is 11.8 Å². The van der Waals surface area contributed by atoms with Crippen molar-refractivity contribution in [2.24, 2.45) is 0 Å². The molecule has 1 aromatic carbocycles. The van der Waals surface area contributed by atoms with Gasteiger partial charge in [-0.15, -0.1) is 0 Å². The molecule has 3 rings (SSSR count). The lowest BCUT2D eigenvalue weighted by molar-refractivity contribution is -0.141. The maximum absolute atomic E-state index is 12.9. The second-order valence-corrected chi connectivity index (χ2v) is 5.57. The third kappa shape index (κ3) is 2.78. The lowest BCUT2D eigenvalue weighted by atomic mass is 9.86. The van der Waals surface area contributed by atoms with E-state index in [0.717, 1.165) is 12.1 Å². The van der Waals surface area contributed by atoms with Crippen LogP contribution in [0, 0.1) is 17.1 Å². The number of β-amino-alcohol motifs (C(OH)–C–C–N with tert-alkyl or cyclic N) is 1. The van der Waals surface area contributed by atoms with Crippen molar-refractivity contribution in [1.29, 1.82) is 5.26 Å². The van der Waals surface area contributed by atoms with Crippen molar-refractivity contribution in [2.45, 2.75) is 11.8 Å². The summed E-state index contributed by atoms with van der Waals surface area (Å²) in [4.78, 5) is 4.90. The van der Waals surface area contributed by atoms with Crippen molar-refractivity contribution in [2.75, 3.05) is 18.0 Å². The summed E-state index contributed by atoms with van der Waals surface area (Å²) >= 11 is 0. The zero-order valence-electron chi connectivity index (χ0n) is 12.2. The summed E-state index contributed by atoms with van der Waals surface area (Å²) in [6.07, 6.45) is -4.62. The highest BCUT2D eigenvalue weighted by Crippen LogP contribution is 2.37. The van der Waals surface area contributed by atoms with E-state index >= 15 is 0 Å². The summed E-state index contributed by atoms with van der Waals surface area (Å²) in [6, 6.07) is 8.81. The van der Waals surface area contributed by atoms with Gasteiger partial charge < -0.3 is 10.0 Å². The number of halogens is 4. The molecule has 0 amide bonds. The summed E-state index contributed by atoms with van der Waals surface area (Å²) in [6.45, 7) is -0.0801. The van der Waals surface area contributed by atoms with Crippen LogP contribution in [0.25, 0.3) is 0 Å². The van der Waals surface area contributed by atoms with Crippen LogP contribution in [0.15, 0.2) is 36.4 Å². The number of nitriles is 1. The van der Waals surface area contributed by atoms with E-state index in [0.29, 0.717) is 5.56 Å². The van der Waals surface area contributed by atoms with Gasteiger partial charge in [-0.25, -0.2) is 9.37 Å². The van der Waals surface area contributed by atoms with Crippen molar-refractivity contribution in [3.8, 4) is 6.07 Å². The molecule has 1 saturated heterocycles. The minimum Gasteiger partial charge on any atom is -0.381 e. The smallest absolute Gasteiger partial charge is 0.381 e. The van der Waals surface area contributed by atoms with Gasteiger partial charge in [-0.1, -0.05) is 12.1 Å². The van der Waals surface area contributed by atoms with Gasteiger partial charge >= 0.3 is 6.18 Å². The number of hydrogen-bond acceptors (Lipinski definition) is 4. The van der Waals surface area contributed by atoms with Crippen LogP contribution < -0.4 is 4.90 Å². The van der Waals surface area contributed by atoms with Crippen LogP contribution in [0.2, 0.25) is 0 Å². The Hall–Kier alpha value is -2.66. The van der Waals surface area contributed by atoms with E-state index < -0.39 is 23.3 Å². The molecule has 0 spiro atoms. The number of aliphatic hydroxyl groups is 1. The Labute approximate surface area is 134 Å². The van der Waals surface area contributed by atoms with Crippen LogP contribution >= 0.6 is 0 Å². The molecular weight excluding hydrogens is 326 g/mol. The van der Waals surface area contributed by atoms with Gasteiger partial charge in [0.15, 0.2) is 0 Å². The predicted octanol–water partition coefficient (Wildman–Crippen LogP) is 2.82. The molecule has 0 saturated carbocycles. The van der Waals surface area contributed by atoms with E-state index in [4.69, 9.17) is 5.26 Å². The second kappa shape index (κ2) is 5.46. The Bertz CT molecular complexity index is 806. The fourth-order valence-electron chi connectivity index (χ4n) is 2.61. The Morgan fingerprint density at radius 2 is 1.75 bits per heavy atom. The number of alkyl halides is 3. The topological polar surface area (TPSA) is 60.2 Å². The van der Waals surface area contributed by atoms with Crippen molar-refractivity contribution < 1.29 is 22.7 Å². The van der Waals surface area contributed by atoms with Crippen LogP contribution in [0.4, 0.5) is 23.4 Å². The average molecular weight is 337 g/mol. The highest BCUT2D eigenvalue weighted by molar-refractivity contribution is 5.58. The number of rotatable bonds is 2. The first-order valence-corrected chi connectivity index (χ1v) is 6.95. The van der Waals surface area contributed by atoms with E-state index in [1.807, 2.05) is 0 Å². The summed E-state index contributed by atoms with van der Waals surface area (Å²) in [5, 5.41) is 19.6. The van der Waals surface area contributed by atoms with Gasteiger partial charge in [-0.3, -0.25) is 0 Å². The number of anilines is 1. The summed E-state index contributed by atoms with van der Waals surface area (Å²) in [5.41, 5.74) is -1.99. The van der Waals surface area contributed by atoms with Crippen molar-refractivity contribution in [1.82, 2.24) is 4.98 Å². The predicted molar refractivity (Wildman–Crippen MR) is 76.5 cm³/mol. The minimum absolute atomic E-state index is 0.0100. The molecular formula is C16H11F4N3O. The van der Waals surface area contributed by atoms with Crippen molar-refractivity contribution in [3.63, 3.8) is 0 Å². The van der Waals surface area contributed by atoms with Crippen LogP contribution in [0.3, 0.4) is 0 Å². The first kappa shape index (κ1) is 16.2. The second-order valence-electron chi connectivity index (χ2n) is 5.57. The highest BCUT2D eigenvalue weighted by atomic mass is 19.4.